The Hall–Kier alpha value is -1.53. The Balaban J connectivity index is 1.51. The average molecular weight is 409 g/mol. The van der Waals surface area contributed by atoms with Crippen molar-refractivity contribution in [1.82, 2.24) is 9.80 Å². The van der Waals surface area contributed by atoms with E-state index in [2.05, 4.69) is 11.8 Å². The van der Waals surface area contributed by atoms with Crippen LogP contribution in [-0.2, 0) is 0 Å². The van der Waals surface area contributed by atoms with E-state index in [-0.39, 0.29) is 38.3 Å². The number of hydrogen-bond acceptors (Lipinski definition) is 4. The highest BCUT2D eigenvalue weighted by Gasteiger charge is 2.34. The highest BCUT2D eigenvalue weighted by Crippen LogP contribution is 2.29. The lowest BCUT2D eigenvalue weighted by Crippen LogP contribution is -2.41. The van der Waals surface area contributed by atoms with Crippen LogP contribution in [0, 0.1) is 13.8 Å². The van der Waals surface area contributed by atoms with E-state index in [9.17, 15) is 13.6 Å². The lowest BCUT2D eigenvalue weighted by molar-refractivity contribution is -0.0536. The van der Waals surface area contributed by atoms with Crippen molar-refractivity contribution in [3.63, 3.8) is 0 Å². The summed E-state index contributed by atoms with van der Waals surface area (Å²) in [6.45, 7) is 9.86. The first-order valence-corrected chi connectivity index (χ1v) is 10.9. The SMILES string of the molecule is Cc1cc(C(=O)CN2CCC(F)(F)CC2)cc(C)c1OCCCN1CCCC1C. The number of likely N-dealkylation sites (tertiary alicyclic amines) is 2. The molecule has 2 saturated heterocycles. The number of piperidine rings is 1. The quantitative estimate of drug-likeness (QED) is 0.469. The minimum atomic E-state index is -2.58. The Kier molecular flexibility index (Phi) is 7.28. The van der Waals surface area contributed by atoms with Gasteiger partial charge in [0.05, 0.1) is 13.2 Å². The number of aryl methyl sites for hydroxylation is 2. The molecule has 2 fully saturated rings. The van der Waals surface area contributed by atoms with Gasteiger partial charge in [-0.25, -0.2) is 8.78 Å². The number of rotatable bonds is 8. The lowest BCUT2D eigenvalue weighted by atomic mass is 10.0. The summed E-state index contributed by atoms with van der Waals surface area (Å²) in [5.74, 6) is -1.75. The summed E-state index contributed by atoms with van der Waals surface area (Å²) in [6, 6.07) is 4.41. The average Bonchev–Trinajstić information content (AvgIpc) is 3.07. The number of hydrogen-bond donors (Lipinski definition) is 0. The summed E-state index contributed by atoms with van der Waals surface area (Å²) in [6.07, 6.45) is 3.23. The van der Waals surface area contributed by atoms with Crippen molar-refractivity contribution in [2.75, 3.05) is 39.3 Å². The number of Topliss-reactive ketones (excluding diaryl/α,β-unsaturated/α-hetero) is 1. The number of ketones is 1. The summed E-state index contributed by atoms with van der Waals surface area (Å²) in [5, 5.41) is 0. The molecule has 1 unspecified atom stereocenters. The molecule has 162 valence electrons. The molecule has 0 aromatic heterocycles. The highest BCUT2D eigenvalue weighted by molar-refractivity contribution is 5.98. The van der Waals surface area contributed by atoms with Gasteiger partial charge in [0, 0.05) is 44.1 Å². The smallest absolute Gasteiger partial charge is 0.250 e. The predicted octanol–water partition coefficient (Wildman–Crippen LogP) is 4.47. The van der Waals surface area contributed by atoms with Gasteiger partial charge in [0.1, 0.15) is 5.75 Å². The van der Waals surface area contributed by atoms with Gasteiger partial charge in [-0.2, -0.15) is 0 Å². The maximum absolute atomic E-state index is 13.3. The lowest BCUT2D eigenvalue weighted by Gasteiger charge is -2.31. The van der Waals surface area contributed by atoms with Crippen LogP contribution in [0.15, 0.2) is 12.1 Å². The zero-order chi connectivity index (χ0) is 21.0. The molecule has 0 amide bonds. The number of halogens is 2. The number of nitrogens with zero attached hydrogens (tertiary/aromatic N) is 2. The van der Waals surface area contributed by atoms with Crippen LogP contribution in [-0.4, -0.2) is 66.9 Å². The molecule has 6 heteroatoms. The second-order valence-electron chi connectivity index (χ2n) is 8.72. The summed E-state index contributed by atoms with van der Waals surface area (Å²) < 4.78 is 32.6. The van der Waals surface area contributed by atoms with E-state index in [0.717, 1.165) is 29.8 Å². The second-order valence-corrected chi connectivity index (χ2v) is 8.72. The fourth-order valence-electron chi connectivity index (χ4n) is 4.44. The van der Waals surface area contributed by atoms with Crippen LogP contribution in [0.3, 0.4) is 0 Å². The molecule has 0 saturated carbocycles. The van der Waals surface area contributed by atoms with Gasteiger partial charge < -0.3 is 9.64 Å². The molecule has 0 N–H and O–H groups in total. The van der Waals surface area contributed by atoms with Gasteiger partial charge >= 0.3 is 0 Å². The molecule has 2 heterocycles. The van der Waals surface area contributed by atoms with Crippen molar-refractivity contribution < 1.29 is 18.3 Å². The number of alkyl halides is 2. The van der Waals surface area contributed by atoms with Crippen molar-refractivity contribution in [1.29, 1.82) is 0 Å². The fourth-order valence-corrected chi connectivity index (χ4v) is 4.44. The van der Waals surface area contributed by atoms with Crippen LogP contribution in [0.1, 0.15) is 60.5 Å². The topological polar surface area (TPSA) is 32.8 Å². The van der Waals surface area contributed by atoms with Crippen molar-refractivity contribution in [3.05, 3.63) is 28.8 Å². The molecule has 0 bridgehead atoms. The maximum atomic E-state index is 13.3. The minimum absolute atomic E-state index is 0.0176. The molecule has 1 aromatic carbocycles. The molecular formula is C23H34F2N2O2. The van der Waals surface area contributed by atoms with Crippen LogP contribution < -0.4 is 4.74 Å². The fraction of sp³-hybridized carbons (Fsp3) is 0.696. The summed E-state index contributed by atoms with van der Waals surface area (Å²) in [7, 11) is 0. The molecule has 29 heavy (non-hydrogen) atoms. The largest absolute Gasteiger partial charge is 0.493 e. The first-order valence-electron chi connectivity index (χ1n) is 10.9. The van der Waals surface area contributed by atoms with Gasteiger partial charge in [-0.1, -0.05) is 0 Å². The van der Waals surface area contributed by atoms with E-state index in [0.29, 0.717) is 18.2 Å². The number of carbonyl (C=O) groups is 1. The Morgan fingerprint density at radius 1 is 1.17 bits per heavy atom. The van der Waals surface area contributed by atoms with E-state index in [1.54, 1.807) is 0 Å². The van der Waals surface area contributed by atoms with Crippen LogP contribution in [0.25, 0.3) is 0 Å². The molecule has 0 aliphatic carbocycles. The van der Waals surface area contributed by atoms with Crippen LogP contribution in [0.4, 0.5) is 8.78 Å². The van der Waals surface area contributed by atoms with Crippen LogP contribution in [0.5, 0.6) is 5.75 Å². The van der Waals surface area contributed by atoms with Gasteiger partial charge in [-0.15, -0.1) is 0 Å². The Labute approximate surface area is 173 Å². The number of benzene rings is 1. The van der Waals surface area contributed by atoms with Gasteiger partial charge in [-0.05, 0) is 69.8 Å². The van der Waals surface area contributed by atoms with Crippen LogP contribution >= 0.6 is 0 Å². The summed E-state index contributed by atoms with van der Waals surface area (Å²) >= 11 is 0. The molecule has 4 nitrogen and oxygen atoms in total. The molecule has 2 aliphatic rings. The number of carbonyl (C=O) groups excluding carboxylic acids is 1. The normalized spacial score (nSPS) is 22.7. The molecule has 1 atom stereocenters. The monoisotopic (exact) mass is 408 g/mol. The van der Waals surface area contributed by atoms with Gasteiger partial charge in [0.15, 0.2) is 5.78 Å². The molecule has 0 spiro atoms. The Morgan fingerprint density at radius 2 is 1.83 bits per heavy atom. The summed E-state index contributed by atoms with van der Waals surface area (Å²) in [4.78, 5) is 17.0. The first kappa shape index (κ1) is 22.2. The third-order valence-electron chi connectivity index (χ3n) is 6.26. The van der Waals surface area contributed by atoms with Crippen molar-refractivity contribution >= 4 is 5.78 Å². The van der Waals surface area contributed by atoms with E-state index in [4.69, 9.17) is 4.74 Å². The first-order chi connectivity index (χ1) is 13.7. The Morgan fingerprint density at radius 3 is 2.41 bits per heavy atom. The van der Waals surface area contributed by atoms with Crippen LogP contribution in [0.2, 0.25) is 0 Å². The van der Waals surface area contributed by atoms with Crippen molar-refractivity contribution in [2.45, 2.75) is 64.8 Å². The predicted molar refractivity (Wildman–Crippen MR) is 111 cm³/mol. The van der Waals surface area contributed by atoms with Gasteiger partial charge in [0.2, 0.25) is 0 Å². The van der Waals surface area contributed by atoms with Crippen molar-refractivity contribution in [3.8, 4) is 5.75 Å². The zero-order valence-corrected chi connectivity index (χ0v) is 18.0. The minimum Gasteiger partial charge on any atom is -0.493 e. The van der Waals surface area contributed by atoms with E-state index in [1.165, 1.54) is 19.4 Å². The van der Waals surface area contributed by atoms with Gasteiger partial charge in [0.25, 0.3) is 5.92 Å². The molecule has 0 radical (unpaired) electrons. The standard InChI is InChI=1S/C23H34F2N2O2/c1-17-14-20(21(28)16-26-11-7-23(24,25)8-12-26)15-18(2)22(17)29-13-5-10-27-9-4-6-19(27)3/h14-15,19H,4-13,16H2,1-3H3. The number of ether oxygens (including phenoxy) is 1. The van der Waals surface area contributed by atoms with E-state index in [1.807, 2.05) is 30.9 Å². The second kappa shape index (κ2) is 9.52. The molecular weight excluding hydrogens is 374 g/mol. The van der Waals surface area contributed by atoms with E-state index < -0.39 is 5.92 Å². The van der Waals surface area contributed by atoms with Gasteiger partial charge in [-0.3, -0.25) is 9.69 Å². The maximum Gasteiger partial charge on any atom is 0.250 e. The Bertz CT molecular complexity index is 690. The molecule has 3 rings (SSSR count). The molecule has 2 aliphatic heterocycles. The van der Waals surface area contributed by atoms with Crippen molar-refractivity contribution in [2.24, 2.45) is 0 Å². The third-order valence-corrected chi connectivity index (χ3v) is 6.26. The van der Waals surface area contributed by atoms with E-state index >= 15 is 0 Å². The molecule has 1 aromatic rings. The third kappa shape index (κ3) is 5.98. The highest BCUT2D eigenvalue weighted by atomic mass is 19.3. The summed E-state index contributed by atoms with van der Waals surface area (Å²) in [5.41, 5.74) is 2.54. The zero-order valence-electron chi connectivity index (χ0n) is 18.0.